The van der Waals surface area contributed by atoms with Crippen LogP contribution in [0.25, 0.3) is 37.5 Å². The van der Waals surface area contributed by atoms with Gasteiger partial charge in [0.15, 0.2) is 12.4 Å². The number of hydrogen-bond donors (Lipinski definition) is 2. The quantitative estimate of drug-likeness (QED) is 0.196. The number of methoxy groups -OCH3 is 1. The zero-order valence-corrected chi connectivity index (χ0v) is 19.6. The molecule has 6 nitrogen and oxygen atoms in total. The Morgan fingerprint density at radius 2 is 1.86 bits per heavy atom. The van der Waals surface area contributed by atoms with Crippen molar-refractivity contribution in [2.45, 2.75) is 0 Å². The molecule has 2 N–H and O–H groups in total. The van der Waals surface area contributed by atoms with Crippen molar-refractivity contribution in [3.8, 4) is 21.9 Å². The zero-order valence-electron chi connectivity index (χ0n) is 18.8. The van der Waals surface area contributed by atoms with Crippen LogP contribution in [0.3, 0.4) is 0 Å². The molecule has 35 heavy (non-hydrogen) atoms. The minimum absolute atomic E-state index is 0.170. The van der Waals surface area contributed by atoms with E-state index in [1.165, 1.54) is 6.08 Å². The van der Waals surface area contributed by atoms with Gasteiger partial charge in [0.25, 0.3) is 0 Å². The first kappa shape index (κ1) is 22.4. The topological polar surface area (TPSA) is 88.6 Å². The van der Waals surface area contributed by atoms with E-state index in [9.17, 15) is 9.59 Å². The molecule has 0 aliphatic rings. The van der Waals surface area contributed by atoms with Crippen LogP contribution in [0, 0.1) is 0 Å². The van der Waals surface area contributed by atoms with E-state index in [1.807, 2.05) is 48.7 Å². The molecule has 0 radical (unpaired) electrons. The lowest BCUT2D eigenvalue weighted by Gasteiger charge is -2.13. The molecule has 0 atom stereocenters. The largest absolute Gasteiger partial charge is 0.496 e. The number of H-pyrrole nitrogens is 1. The lowest BCUT2D eigenvalue weighted by molar-refractivity contribution is -0.139. The van der Waals surface area contributed by atoms with Crippen molar-refractivity contribution in [2.75, 3.05) is 13.7 Å². The average molecular weight is 484 g/mol. The van der Waals surface area contributed by atoms with Crippen LogP contribution >= 0.6 is 11.3 Å². The molecule has 0 spiro atoms. The van der Waals surface area contributed by atoms with Crippen molar-refractivity contribution in [3.63, 3.8) is 0 Å². The number of thiophene rings is 1. The predicted molar refractivity (Wildman–Crippen MR) is 139 cm³/mol. The van der Waals surface area contributed by atoms with Gasteiger partial charge in [0.1, 0.15) is 11.5 Å². The van der Waals surface area contributed by atoms with E-state index in [0.29, 0.717) is 22.6 Å². The Balaban J connectivity index is 1.55. The molecule has 0 saturated heterocycles. The number of rotatable bonds is 8. The van der Waals surface area contributed by atoms with Crippen LogP contribution in [0.2, 0.25) is 0 Å². The first-order chi connectivity index (χ1) is 17.0. The molecule has 174 valence electrons. The Labute approximate surface area is 205 Å². The number of allylic oxidation sites excluding steroid dienone is 1. The van der Waals surface area contributed by atoms with Gasteiger partial charge in [0.05, 0.1) is 7.11 Å². The SMILES string of the molecule is COc1cc(OCC(=O)O)c(/C=C/C(=O)c2ccc3[nH]ccc3c2)cc1-c1cc2ccccc2s1. The highest BCUT2D eigenvalue weighted by molar-refractivity contribution is 7.22. The summed E-state index contributed by atoms with van der Waals surface area (Å²) in [5.41, 5.74) is 2.92. The minimum atomic E-state index is -1.09. The molecule has 0 saturated carbocycles. The first-order valence-electron chi connectivity index (χ1n) is 10.9. The summed E-state index contributed by atoms with van der Waals surface area (Å²) in [5, 5.41) is 11.2. The third-order valence-corrected chi connectivity index (χ3v) is 6.78. The molecule has 0 aliphatic carbocycles. The Hall–Kier alpha value is -4.36. The van der Waals surface area contributed by atoms with Crippen LogP contribution in [0.1, 0.15) is 15.9 Å². The maximum atomic E-state index is 12.9. The number of carbonyl (C=O) groups is 2. The van der Waals surface area contributed by atoms with Crippen LogP contribution in [0.15, 0.2) is 79.0 Å². The van der Waals surface area contributed by atoms with Gasteiger partial charge in [-0.05, 0) is 60.0 Å². The minimum Gasteiger partial charge on any atom is -0.496 e. The third kappa shape index (κ3) is 4.67. The van der Waals surface area contributed by atoms with Gasteiger partial charge in [-0.2, -0.15) is 0 Å². The highest BCUT2D eigenvalue weighted by atomic mass is 32.1. The van der Waals surface area contributed by atoms with Gasteiger partial charge in [0.2, 0.25) is 0 Å². The van der Waals surface area contributed by atoms with Gasteiger partial charge < -0.3 is 19.6 Å². The Morgan fingerprint density at radius 3 is 2.66 bits per heavy atom. The number of carboxylic acids is 1. The van der Waals surface area contributed by atoms with Gasteiger partial charge in [-0.15, -0.1) is 11.3 Å². The van der Waals surface area contributed by atoms with Crippen molar-refractivity contribution >= 4 is 50.2 Å². The van der Waals surface area contributed by atoms with E-state index in [-0.39, 0.29) is 5.78 Å². The number of benzene rings is 3. The summed E-state index contributed by atoms with van der Waals surface area (Å²) < 4.78 is 12.3. The molecule has 0 aliphatic heterocycles. The van der Waals surface area contributed by atoms with Crippen molar-refractivity contribution in [3.05, 3.63) is 90.1 Å². The molecule has 5 aromatic rings. The molecule has 2 aromatic heterocycles. The number of carbonyl (C=O) groups excluding carboxylic acids is 1. The van der Waals surface area contributed by atoms with Crippen molar-refractivity contribution in [2.24, 2.45) is 0 Å². The summed E-state index contributed by atoms with van der Waals surface area (Å²) >= 11 is 1.63. The van der Waals surface area contributed by atoms with Gasteiger partial charge >= 0.3 is 5.97 Å². The number of carboxylic acid groups (broad SMARTS) is 1. The van der Waals surface area contributed by atoms with Crippen LogP contribution in [0.4, 0.5) is 0 Å². The second kappa shape index (κ2) is 9.48. The number of aromatic amines is 1. The fourth-order valence-corrected chi connectivity index (χ4v) is 5.00. The van der Waals surface area contributed by atoms with E-state index in [1.54, 1.807) is 36.7 Å². The van der Waals surface area contributed by atoms with Gasteiger partial charge in [-0.1, -0.05) is 18.2 Å². The van der Waals surface area contributed by atoms with Crippen LogP contribution < -0.4 is 9.47 Å². The zero-order chi connectivity index (χ0) is 24.4. The van der Waals surface area contributed by atoms with E-state index in [4.69, 9.17) is 14.6 Å². The molecule has 3 aromatic carbocycles. The summed E-state index contributed by atoms with van der Waals surface area (Å²) in [5.74, 6) is -0.391. The second-order valence-corrected chi connectivity index (χ2v) is 8.98. The molecule has 5 rings (SSSR count). The van der Waals surface area contributed by atoms with E-state index >= 15 is 0 Å². The average Bonchev–Trinajstić information content (AvgIpc) is 3.52. The van der Waals surface area contributed by atoms with Crippen molar-refractivity contribution < 1.29 is 24.2 Å². The number of hydrogen-bond acceptors (Lipinski definition) is 5. The molecular weight excluding hydrogens is 462 g/mol. The summed E-state index contributed by atoms with van der Waals surface area (Å²) in [6, 6.07) is 21.1. The van der Waals surface area contributed by atoms with E-state index in [0.717, 1.165) is 31.4 Å². The van der Waals surface area contributed by atoms with Crippen LogP contribution in [-0.2, 0) is 4.79 Å². The highest BCUT2D eigenvalue weighted by Gasteiger charge is 2.16. The molecule has 7 heteroatoms. The monoisotopic (exact) mass is 483 g/mol. The number of fused-ring (bicyclic) bond motifs is 2. The number of ketones is 1. The first-order valence-corrected chi connectivity index (χ1v) is 11.7. The van der Waals surface area contributed by atoms with E-state index in [2.05, 4.69) is 17.1 Å². The van der Waals surface area contributed by atoms with E-state index < -0.39 is 12.6 Å². The normalized spacial score (nSPS) is 11.3. The number of aromatic nitrogens is 1. The summed E-state index contributed by atoms with van der Waals surface area (Å²) in [7, 11) is 1.56. The summed E-state index contributed by atoms with van der Waals surface area (Å²) in [6.07, 6.45) is 4.95. The summed E-state index contributed by atoms with van der Waals surface area (Å²) in [6.45, 7) is -0.510. The molecule has 2 heterocycles. The van der Waals surface area contributed by atoms with Gasteiger partial charge in [-0.25, -0.2) is 4.79 Å². The lowest BCUT2D eigenvalue weighted by atomic mass is 10.0. The highest BCUT2D eigenvalue weighted by Crippen LogP contribution is 2.41. The standard InChI is InChI=1S/C28H21NO5S/c1-33-25-15-24(34-16-28(31)32)19(13-21(25)27-14-20-4-2-3-5-26(20)35-27)7-9-23(30)18-6-8-22-17(12-18)10-11-29-22/h2-15,29H,16H2,1H3,(H,31,32)/b9-7+. The van der Waals surface area contributed by atoms with Crippen LogP contribution in [0.5, 0.6) is 11.5 Å². The Kier molecular flexibility index (Phi) is 6.08. The summed E-state index contributed by atoms with van der Waals surface area (Å²) in [4.78, 5) is 28.1. The molecule has 0 fully saturated rings. The van der Waals surface area contributed by atoms with Gasteiger partial charge in [0, 0.05) is 49.4 Å². The second-order valence-electron chi connectivity index (χ2n) is 7.90. The third-order valence-electron chi connectivity index (χ3n) is 5.63. The molecule has 0 unspecified atom stereocenters. The fourth-order valence-electron chi connectivity index (χ4n) is 3.92. The van der Waals surface area contributed by atoms with Crippen LogP contribution in [-0.4, -0.2) is 35.6 Å². The van der Waals surface area contributed by atoms with Gasteiger partial charge in [-0.3, -0.25) is 4.79 Å². The number of aliphatic carboxylic acids is 1. The fraction of sp³-hybridized carbons (Fsp3) is 0.0714. The predicted octanol–water partition coefficient (Wildman–Crippen LogP) is 6.42. The maximum absolute atomic E-state index is 12.9. The maximum Gasteiger partial charge on any atom is 0.341 e. The molecular formula is C28H21NO5S. The smallest absolute Gasteiger partial charge is 0.341 e. The number of nitrogens with one attached hydrogen (secondary N) is 1. The van der Waals surface area contributed by atoms with Crippen molar-refractivity contribution in [1.82, 2.24) is 4.98 Å². The number of ether oxygens (including phenoxy) is 2. The Morgan fingerprint density at radius 1 is 1.00 bits per heavy atom. The molecule has 0 amide bonds. The lowest BCUT2D eigenvalue weighted by Crippen LogP contribution is -2.10. The molecule has 0 bridgehead atoms. The van der Waals surface area contributed by atoms with Crippen molar-refractivity contribution in [1.29, 1.82) is 0 Å². The Bertz CT molecular complexity index is 1560.